The minimum Gasteiger partial charge on any atom is -0.486 e. The third-order valence-electron chi connectivity index (χ3n) is 5.04. The second-order valence-corrected chi connectivity index (χ2v) is 7.18. The normalized spacial score (nSPS) is 16.2. The van der Waals surface area contributed by atoms with E-state index in [-0.39, 0.29) is 23.8 Å². The number of benzene rings is 2. The van der Waals surface area contributed by atoms with Gasteiger partial charge in [-0.05, 0) is 61.2 Å². The van der Waals surface area contributed by atoms with Gasteiger partial charge >= 0.3 is 0 Å². The molecule has 0 bridgehead atoms. The van der Waals surface area contributed by atoms with Crippen LogP contribution in [0.4, 0.5) is 5.69 Å². The van der Waals surface area contributed by atoms with Crippen LogP contribution in [-0.2, 0) is 4.79 Å². The van der Waals surface area contributed by atoms with Gasteiger partial charge in [0.1, 0.15) is 13.2 Å². The summed E-state index contributed by atoms with van der Waals surface area (Å²) in [5.41, 5.74) is 2.25. The van der Waals surface area contributed by atoms with Crippen molar-refractivity contribution in [1.82, 2.24) is 5.32 Å². The van der Waals surface area contributed by atoms with Gasteiger partial charge in [-0.1, -0.05) is 13.0 Å². The molecule has 6 nitrogen and oxygen atoms in total. The number of anilines is 1. The average molecular weight is 380 g/mol. The van der Waals surface area contributed by atoms with Crippen LogP contribution >= 0.6 is 0 Å². The number of amides is 2. The molecule has 1 saturated carbocycles. The van der Waals surface area contributed by atoms with E-state index in [4.69, 9.17) is 9.47 Å². The summed E-state index contributed by atoms with van der Waals surface area (Å²) in [6, 6.07) is 12.6. The molecule has 1 heterocycles. The molecule has 0 saturated heterocycles. The van der Waals surface area contributed by atoms with E-state index < -0.39 is 0 Å². The van der Waals surface area contributed by atoms with Gasteiger partial charge < -0.3 is 20.1 Å². The van der Waals surface area contributed by atoms with Gasteiger partial charge in [-0.25, -0.2) is 0 Å². The van der Waals surface area contributed by atoms with E-state index in [9.17, 15) is 9.59 Å². The van der Waals surface area contributed by atoms with Crippen LogP contribution in [0.5, 0.6) is 11.5 Å². The van der Waals surface area contributed by atoms with Gasteiger partial charge in [0.25, 0.3) is 5.91 Å². The minimum atomic E-state index is -0.151. The lowest BCUT2D eigenvalue weighted by Gasteiger charge is -2.22. The van der Waals surface area contributed by atoms with Crippen molar-refractivity contribution in [2.45, 2.75) is 32.2 Å². The molecule has 2 aromatic rings. The van der Waals surface area contributed by atoms with Crippen molar-refractivity contribution in [1.29, 1.82) is 0 Å². The van der Waals surface area contributed by atoms with Crippen molar-refractivity contribution in [3.8, 4) is 11.5 Å². The van der Waals surface area contributed by atoms with Crippen LogP contribution in [0.25, 0.3) is 0 Å². The topological polar surface area (TPSA) is 76.7 Å². The highest BCUT2D eigenvalue weighted by atomic mass is 16.6. The second kappa shape index (κ2) is 7.92. The number of fused-ring (bicyclic) bond motifs is 1. The zero-order chi connectivity index (χ0) is 19.5. The quantitative estimate of drug-likeness (QED) is 0.801. The first-order valence-electron chi connectivity index (χ1n) is 9.75. The molecule has 146 valence electrons. The lowest BCUT2D eigenvalue weighted by atomic mass is 10.0. The molecular formula is C22H24N2O4. The van der Waals surface area contributed by atoms with Crippen molar-refractivity contribution in [2.75, 3.05) is 18.5 Å². The lowest BCUT2D eigenvalue weighted by molar-refractivity contribution is -0.117. The molecule has 1 aliphatic carbocycles. The molecule has 0 aromatic heterocycles. The fourth-order valence-electron chi connectivity index (χ4n) is 3.23. The molecule has 2 aliphatic rings. The molecule has 2 N–H and O–H groups in total. The highest BCUT2D eigenvalue weighted by molar-refractivity contribution is 5.97. The number of carbonyl (C=O) groups is 2. The Bertz CT molecular complexity index is 875. The molecule has 4 rings (SSSR count). The fraction of sp³-hybridized carbons (Fsp3) is 0.364. The van der Waals surface area contributed by atoms with Crippen molar-refractivity contribution in [2.24, 2.45) is 5.92 Å². The predicted molar refractivity (Wildman–Crippen MR) is 106 cm³/mol. The monoisotopic (exact) mass is 380 g/mol. The molecule has 1 fully saturated rings. The molecule has 1 aliphatic heterocycles. The Labute approximate surface area is 164 Å². The number of carbonyl (C=O) groups excluding carboxylic acids is 2. The molecule has 1 unspecified atom stereocenters. The summed E-state index contributed by atoms with van der Waals surface area (Å²) >= 11 is 0. The summed E-state index contributed by atoms with van der Waals surface area (Å²) in [6.45, 7) is 3.11. The van der Waals surface area contributed by atoms with E-state index >= 15 is 0 Å². The van der Waals surface area contributed by atoms with Crippen LogP contribution in [0.15, 0.2) is 42.5 Å². The summed E-state index contributed by atoms with van der Waals surface area (Å²) in [5, 5.41) is 5.95. The number of hydrogen-bond acceptors (Lipinski definition) is 4. The molecule has 28 heavy (non-hydrogen) atoms. The van der Waals surface area contributed by atoms with Gasteiger partial charge in [-0.2, -0.15) is 0 Å². The average Bonchev–Trinajstić information content (AvgIpc) is 3.57. The van der Waals surface area contributed by atoms with Gasteiger partial charge in [0.05, 0.1) is 6.04 Å². The van der Waals surface area contributed by atoms with E-state index in [1.165, 1.54) is 0 Å². The second-order valence-electron chi connectivity index (χ2n) is 7.18. The standard InChI is InChI=1S/C22H24N2O4/c1-2-18(16-7-10-19-20(13-16)28-12-11-27-19)24-22(26)15-5-8-17(9-6-15)23-21(25)14-3-4-14/h5-10,13-14,18H,2-4,11-12H2,1H3,(H,23,25)(H,24,26). The first kappa shape index (κ1) is 18.3. The van der Waals surface area contributed by atoms with E-state index in [0.29, 0.717) is 30.2 Å². The molecule has 1 atom stereocenters. The summed E-state index contributed by atoms with van der Waals surface area (Å²) in [7, 11) is 0. The van der Waals surface area contributed by atoms with Crippen LogP contribution in [0.2, 0.25) is 0 Å². The van der Waals surface area contributed by atoms with Gasteiger partial charge in [0.15, 0.2) is 11.5 Å². The zero-order valence-corrected chi connectivity index (χ0v) is 15.9. The number of hydrogen-bond donors (Lipinski definition) is 2. The number of nitrogens with one attached hydrogen (secondary N) is 2. The third kappa shape index (κ3) is 4.11. The Morgan fingerprint density at radius 3 is 2.43 bits per heavy atom. The highest BCUT2D eigenvalue weighted by Gasteiger charge is 2.29. The van der Waals surface area contributed by atoms with Crippen LogP contribution in [-0.4, -0.2) is 25.0 Å². The maximum absolute atomic E-state index is 12.7. The van der Waals surface area contributed by atoms with Crippen molar-refractivity contribution < 1.29 is 19.1 Å². The molecular weight excluding hydrogens is 356 g/mol. The predicted octanol–water partition coefficient (Wildman–Crippen LogP) is 3.69. The van der Waals surface area contributed by atoms with Crippen molar-refractivity contribution in [3.05, 3.63) is 53.6 Å². The van der Waals surface area contributed by atoms with Gasteiger partial charge in [0, 0.05) is 17.2 Å². The zero-order valence-electron chi connectivity index (χ0n) is 15.9. The fourth-order valence-corrected chi connectivity index (χ4v) is 3.23. The first-order chi connectivity index (χ1) is 13.6. The van der Waals surface area contributed by atoms with Crippen molar-refractivity contribution >= 4 is 17.5 Å². The van der Waals surface area contributed by atoms with E-state index in [0.717, 1.165) is 30.6 Å². The maximum Gasteiger partial charge on any atom is 0.251 e. The minimum absolute atomic E-state index is 0.0573. The van der Waals surface area contributed by atoms with E-state index in [1.54, 1.807) is 24.3 Å². The maximum atomic E-state index is 12.7. The first-order valence-corrected chi connectivity index (χ1v) is 9.75. The number of rotatable bonds is 6. The van der Waals surface area contributed by atoms with Crippen LogP contribution in [0.3, 0.4) is 0 Å². The van der Waals surface area contributed by atoms with E-state index in [1.807, 2.05) is 25.1 Å². The van der Waals surface area contributed by atoms with Crippen LogP contribution < -0.4 is 20.1 Å². The Balaban J connectivity index is 1.41. The molecule has 6 heteroatoms. The Hall–Kier alpha value is -3.02. The molecule has 0 radical (unpaired) electrons. The number of ether oxygens (including phenoxy) is 2. The summed E-state index contributed by atoms with van der Waals surface area (Å²) in [6.07, 6.45) is 2.68. The Morgan fingerprint density at radius 2 is 1.75 bits per heavy atom. The largest absolute Gasteiger partial charge is 0.486 e. The Kier molecular flexibility index (Phi) is 5.19. The van der Waals surface area contributed by atoms with Crippen LogP contribution in [0, 0.1) is 5.92 Å². The van der Waals surface area contributed by atoms with Gasteiger partial charge in [-0.3, -0.25) is 9.59 Å². The van der Waals surface area contributed by atoms with Gasteiger partial charge in [-0.15, -0.1) is 0 Å². The lowest BCUT2D eigenvalue weighted by Crippen LogP contribution is -2.28. The van der Waals surface area contributed by atoms with Gasteiger partial charge in [0.2, 0.25) is 5.91 Å². The Morgan fingerprint density at radius 1 is 1.04 bits per heavy atom. The summed E-state index contributed by atoms with van der Waals surface area (Å²) in [5.74, 6) is 1.51. The SMILES string of the molecule is CCC(NC(=O)c1ccc(NC(=O)C2CC2)cc1)c1ccc2c(c1)OCCO2. The van der Waals surface area contributed by atoms with Crippen molar-refractivity contribution in [3.63, 3.8) is 0 Å². The van der Waals surface area contributed by atoms with Crippen LogP contribution in [0.1, 0.15) is 48.1 Å². The summed E-state index contributed by atoms with van der Waals surface area (Å²) in [4.78, 5) is 24.5. The third-order valence-corrected chi connectivity index (χ3v) is 5.04. The van der Waals surface area contributed by atoms with E-state index in [2.05, 4.69) is 10.6 Å². The summed E-state index contributed by atoms with van der Waals surface area (Å²) < 4.78 is 11.2. The highest BCUT2D eigenvalue weighted by Crippen LogP contribution is 2.33. The molecule has 2 amide bonds. The smallest absolute Gasteiger partial charge is 0.251 e. The molecule has 2 aromatic carbocycles. The molecule has 0 spiro atoms.